The third kappa shape index (κ3) is 2.44. The maximum absolute atomic E-state index is 13.5. The Morgan fingerprint density at radius 3 is 2.46 bits per heavy atom. The number of nitrogens with zero attached hydrogens (tertiary/aromatic N) is 1. The van der Waals surface area contributed by atoms with Gasteiger partial charge in [0.25, 0.3) is 11.8 Å². The number of benzene rings is 1. The summed E-state index contributed by atoms with van der Waals surface area (Å²) in [6, 6.07) is 7.73. The second-order valence-electron chi connectivity index (χ2n) is 7.94. The molecular formula is C20H20N4O4. The van der Waals surface area contributed by atoms with Gasteiger partial charge in [-0.25, -0.2) is 4.79 Å². The van der Waals surface area contributed by atoms with Crippen molar-refractivity contribution in [1.82, 2.24) is 20.5 Å². The van der Waals surface area contributed by atoms with E-state index in [1.54, 1.807) is 24.3 Å². The number of hydrogen-bond acceptors (Lipinski definition) is 4. The number of carbonyl (C=O) groups is 3. The minimum atomic E-state index is -0.909. The van der Waals surface area contributed by atoms with Crippen LogP contribution in [0.4, 0.5) is 4.79 Å². The average Bonchev–Trinajstić information content (AvgIpc) is 2.92. The molecule has 0 saturated carbocycles. The number of imide groups is 1. The fraction of sp³-hybridized carbons (Fsp3) is 0.400. The summed E-state index contributed by atoms with van der Waals surface area (Å²) in [4.78, 5) is 53.9. The van der Waals surface area contributed by atoms with Gasteiger partial charge in [0.1, 0.15) is 5.54 Å². The van der Waals surface area contributed by atoms with Gasteiger partial charge < -0.3 is 15.2 Å². The minimum Gasteiger partial charge on any atom is -0.332 e. The number of carbonyl (C=O) groups excluding carboxylic acids is 3. The smallest absolute Gasteiger partial charge is 0.322 e. The number of pyridine rings is 1. The van der Waals surface area contributed by atoms with Crippen LogP contribution < -0.4 is 16.2 Å². The number of hydrogen-bond donors (Lipinski definition) is 3. The molecule has 3 saturated heterocycles. The Morgan fingerprint density at radius 2 is 1.79 bits per heavy atom. The van der Waals surface area contributed by atoms with Crippen LogP contribution in [-0.2, 0) is 4.79 Å². The summed E-state index contributed by atoms with van der Waals surface area (Å²) in [6.45, 7) is 0. The van der Waals surface area contributed by atoms with Gasteiger partial charge in [0, 0.05) is 47.5 Å². The van der Waals surface area contributed by atoms with Crippen molar-refractivity contribution in [2.24, 2.45) is 0 Å². The Hall–Kier alpha value is -3.16. The number of urea groups is 1. The highest BCUT2D eigenvalue weighted by molar-refractivity contribution is 6.08. The SMILES string of the molecule is O=C1NC(=O)C2(CC3CCCC(C2)N3C(=O)c2cccc3[nH]c(=O)ccc23)N1. The lowest BCUT2D eigenvalue weighted by Crippen LogP contribution is -2.64. The molecule has 2 atom stereocenters. The van der Waals surface area contributed by atoms with Gasteiger partial charge in [-0.15, -0.1) is 0 Å². The normalized spacial score (nSPS) is 29.1. The van der Waals surface area contributed by atoms with Crippen molar-refractivity contribution >= 4 is 28.7 Å². The first-order valence-corrected chi connectivity index (χ1v) is 9.55. The van der Waals surface area contributed by atoms with Gasteiger partial charge in [-0.3, -0.25) is 19.7 Å². The largest absolute Gasteiger partial charge is 0.332 e. The molecule has 8 heteroatoms. The number of aromatic amines is 1. The summed E-state index contributed by atoms with van der Waals surface area (Å²) in [5.41, 5.74) is 0.0472. The molecule has 5 rings (SSSR count). The lowest BCUT2D eigenvalue weighted by atomic mass is 9.73. The van der Waals surface area contributed by atoms with E-state index in [9.17, 15) is 19.2 Å². The predicted molar refractivity (Wildman–Crippen MR) is 101 cm³/mol. The Kier molecular flexibility index (Phi) is 3.59. The van der Waals surface area contributed by atoms with Crippen LogP contribution in [0.3, 0.4) is 0 Å². The molecule has 2 bridgehead atoms. The molecule has 1 aromatic heterocycles. The van der Waals surface area contributed by atoms with Crippen molar-refractivity contribution in [1.29, 1.82) is 0 Å². The molecule has 4 amide bonds. The van der Waals surface area contributed by atoms with Crippen LogP contribution in [0.5, 0.6) is 0 Å². The fourth-order valence-corrected chi connectivity index (χ4v) is 5.11. The number of rotatable bonds is 1. The van der Waals surface area contributed by atoms with Crippen LogP contribution in [0.15, 0.2) is 35.1 Å². The first kappa shape index (κ1) is 17.0. The van der Waals surface area contributed by atoms with Crippen LogP contribution >= 0.6 is 0 Å². The summed E-state index contributed by atoms with van der Waals surface area (Å²) in [6.07, 6.45) is 3.44. The molecule has 0 radical (unpaired) electrons. The molecule has 3 fully saturated rings. The fourth-order valence-electron chi connectivity index (χ4n) is 5.11. The molecule has 4 heterocycles. The zero-order valence-electron chi connectivity index (χ0n) is 15.2. The zero-order chi connectivity index (χ0) is 19.5. The molecule has 8 nitrogen and oxygen atoms in total. The Morgan fingerprint density at radius 1 is 1.04 bits per heavy atom. The van der Waals surface area contributed by atoms with Gasteiger partial charge in [-0.05, 0) is 37.5 Å². The first-order valence-electron chi connectivity index (χ1n) is 9.55. The van der Waals surface area contributed by atoms with E-state index in [4.69, 9.17) is 0 Å². The van der Waals surface area contributed by atoms with Crippen LogP contribution in [0.25, 0.3) is 10.9 Å². The highest BCUT2D eigenvalue weighted by Crippen LogP contribution is 2.41. The average molecular weight is 380 g/mol. The van der Waals surface area contributed by atoms with Crippen molar-refractivity contribution in [2.75, 3.05) is 0 Å². The Bertz CT molecular complexity index is 1060. The summed E-state index contributed by atoms with van der Waals surface area (Å²) < 4.78 is 0. The summed E-state index contributed by atoms with van der Waals surface area (Å²) >= 11 is 0. The zero-order valence-corrected chi connectivity index (χ0v) is 15.2. The molecular weight excluding hydrogens is 360 g/mol. The Labute approximate surface area is 160 Å². The number of aromatic nitrogens is 1. The second-order valence-corrected chi connectivity index (χ2v) is 7.94. The molecule has 3 aliphatic heterocycles. The van der Waals surface area contributed by atoms with E-state index in [1.165, 1.54) is 6.07 Å². The van der Waals surface area contributed by atoms with E-state index in [-0.39, 0.29) is 29.5 Å². The highest BCUT2D eigenvalue weighted by Gasteiger charge is 2.55. The number of fused-ring (bicyclic) bond motifs is 3. The summed E-state index contributed by atoms with van der Waals surface area (Å²) in [7, 11) is 0. The predicted octanol–water partition coefficient (Wildman–Crippen LogP) is 1.26. The van der Waals surface area contributed by atoms with Crippen LogP contribution in [0, 0.1) is 0 Å². The molecule has 0 aliphatic carbocycles. The van der Waals surface area contributed by atoms with Crippen molar-refractivity contribution in [2.45, 2.75) is 49.7 Å². The maximum Gasteiger partial charge on any atom is 0.322 e. The van der Waals surface area contributed by atoms with Gasteiger partial charge >= 0.3 is 6.03 Å². The van der Waals surface area contributed by atoms with Crippen LogP contribution in [-0.4, -0.2) is 45.4 Å². The van der Waals surface area contributed by atoms with E-state index < -0.39 is 11.6 Å². The first-order chi connectivity index (χ1) is 13.5. The molecule has 3 N–H and O–H groups in total. The van der Waals surface area contributed by atoms with Crippen LogP contribution in [0.2, 0.25) is 0 Å². The molecule has 1 aromatic carbocycles. The number of H-pyrrole nitrogens is 1. The van der Waals surface area contributed by atoms with E-state index in [1.807, 2.05) is 4.90 Å². The van der Waals surface area contributed by atoms with Gasteiger partial charge in [0.05, 0.1) is 0 Å². The number of piperidine rings is 2. The second kappa shape index (κ2) is 5.92. The summed E-state index contributed by atoms with van der Waals surface area (Å²) in [5.74, 6) is -0.379. The third-order valence-electron chi connectivity index (χ3n) is 6.27. The quantitative estimate of drug-likeness (QED) is 0.647. The summed E-state index contributed by atoms with van der Waals surface area (Å²) in [5, 5.41) is 5.86. The standard InChI is InChI=1S/C20H20N4O4/c25-16-8-7-13-14(5-2-6-15(13)21-16)17(26)24-11-3-1-4-12(24)10-20(9-11)18(27)22-19(28)23-20/h2,5-8,11-12H,1,3-4,9-10H2,(H,21,25)(H2,22,23,27,28). The monoisotopic (exact) mass is 380 g/mol. The van der Waals surface area contributed by atoms with Crippen molar-refractivity contribution < 1.29 is 14.4 Å². The van der Waals surface area contributed by atoms with Crippen molar-refractivity contribution in [3.8, 4) is 0 Å². The van der Waals surface area contributed by atoms with Crippen LogP contribution in [0.1, 0.15) is 42.5 Å². The van der Waals surface area contributed by atoms with E-state index >= 15 is 0 Å². The maximum atomic E-state index is 13.5. The van der Waals surface area contributed by atoms with E-state index in [2.05, 4.69) is 15.6 Å². The van der Waals surface area contributed by atoms with E-state index in [0.717, 1.165) is 19.3 Å². The lowest BCUT2D eigenvalue weighted by Gasteiger charge is -2.51. The molecule has 28 heavy (non-hydrogen) atoms. The molecule has 2 aromatic rings. The molecule has 2 unspecified atom stereocenters. The number of nitrogens with one attached hydrogen (secondary N) is 3. The van der Waals surface area contributed by atoms with Crippen molar-refractivity contribution in [3.05, 3.63) is 46.2 Å². The van der Waals surface area contributed by atoms with E-state index in [0.29, 0.717) is 29.3 Å². The highest BCUT2D eigenvalue weighted by atomic mass is 16.2. The van der Waals surface area contributed by atoms with Gasteiger partial charge in [0.15, 0.2) is 0 Å². The molecule has 1 spiro atoms. The molecule has 3 aliphatic rings. The topological polar surface area (TPSA) is 111 Å². The van der Waals surface area contributed by atoms with Crippen molar-refractivity contribution in [3.63, 3.8) is 0 Å². The minimum absolute atomic E-state index is 0.0908. The van der Waals surface area contributed by atoms with Gasteiger partial charge in [-0.1, -0.05) is 6.07 Å². The third-order valence-corrected chi connectivity index (χ3v) is 6.27. The molecule has 144 valence electrons. The Balaban J connectivity index is 1.52. The lowest BCUT2D eigenvalue weighted by molar-refractivity contribution is -0.128. The van der Waals surface area contributed by atoms with Gasteiger partial charge in [0.2, 0.25) is 5.56 Å². The number of amides is 4. The van der Waals surface area contributed by atoms with Gasteiger partial charge in [-0.2, -0.15) is 0 Å².